The molecule has 1 aliphatic rings. The Kier molecular flexibility index (Phi) is 10.7. The predicted octanol–water partition coefficient (Wildman–Crippen LogP) is 9.44. The van der Waals surface area contributed by atoms with Crippen LogP contribution in [0.5, 0.6) is 0 Å². The van der Waals surface area contributed by atoms with Gasteiger partial charge in [0.05, 0.1) is 11.1 Å². The fourth-order valence-corrected chi connectivity index (χ4v) is 8.31. The highest BCUT2D eigenvalue weighted by Crippen LogP contribution is 2.41. The van der Waals surface area contributed by atoms with Gasteiger partial charge in [-0.25, -0.2) is 0 Å². The van der Waals surface area contributed by atoms with Gasteiger partial charge in [-0.05, 0) is 65.6 Å². The first kappa shape index (κ1) is 33.7. The Hall–Kier alpha value is -4.80. The van der Waals surface area contributed by atoms with Crippen LogP contribution in [0.25, 0.3) is 0 Å². The zero-order valence-electron chi connectivity index (χ0n) is 29.1. The lowest BCUT2D eigenvalue weighted by Crippen LogP contribution is -2.59. The fourth-order valence-electron chi connectivity index (χ4n) is 8.31. The van der Waals surface area contributed by atoms with E-state index >= 15 is 0 Å². The molecule has 0 amide bonds. The molecule has 50 heavy (non-hydrogen) atoms. The second-order valence-electron chi connectivity index (χ2n) is 13.7. The first-order valence-corrected chi connectivity index (χ1v) is 18.3. The summed E-state index contributed by atoms with van der Waals surface area (Å²) in [5.74, 6) is 0. The van der Waals surface area contributed by atoms with Crippen molar-refractivity contribution < 1.29 is 0 Å². The fraction of sp³-hybridized carbons (Fsp3) is 0.234. The molecule has 0 aliphatic heterocycles. The van der Waals surface area contributed by atoms with Gasteiger partial charge in [0.25, 0.3) is 0 Å². The first-order chi connectivity index (χ1) is 24.7. The summed E-state index contributed by atoms with van der Waals surface area (Å²) in [6, 6.07) is 66.9. The van der Waals surface area contributed by atoms with Crippen molar-refractivity contribution in [3.05, 3.63) is 215 Å². The summed E-state index contributed by atoms with van der Waals surface area (Å²) in [4.78, 5) is 0. The van der Waals surface area contributed by atoms with Crippen molar-refractivity contribution in [1.82, 2.24) is 16.0 Å². The molecule has 6 aromatic carbocycles. The van der Waals surface area contributed by atoms with Crippen LogP contribution in [0, 0.1) is 0 Å². The highest BCUT2D eigenvalue weighted by molar-refractivity contribution is 5.51. The smallest absolute Gasteiger partial charge is 0.0950 e. The van der Waals surface area contributed by atoms with E-state index in [-0.39, 0.29) is 12.1 Å². The standard InChI is InChI=1S/C47H49N3/c1-2-33-48-43-34-44(49-46(37-21-9-3-10-22-37,38-23-11-4-12-24-38)39-25-13-5-14-26-39)36-45(35-43)50-47(40-27-15-6-16-28-40,41-29-17-7-18-30-41)42-31-19-8-20-32-42/h3-32,43-45,48-50H,2,33-36H2,1H3/t43?,44-,45+. The Bertz CT molecular complexity index is 1530. The average Bonchev–Trinajstić information content (AvgIpc) is 3.20. The van der Waals surface area contributed by atoms with Crippen molar-refractivity contribution in [1.29, 1.82) is 0 Å². The summed E-state index contributed by atoms with van der Waals surface area (Å²) in [5, 5.41) is 12.7. The van der Waals surface area contributed by atoms with Crippen LogP contribution in [0.1, 0.15) is 66.0 Å². The molecule has 3 atom stereocenters. The lowest BCUT2D eigenvalue weighted by Gasteiger charge is -2.47. The summed E-state index contributed by atoms with van der Waals surface area (Å²) < 4.78 is 0. The van der Waals surface area contributed by atoms with Gasteiger partial charge in [0.15, 0.2) is 0 Å². The second-order valence-corrected chi connectivity index (χ2v) is 13.7. The largest absolute Gasteiger partial charge is 0.314 e. The van der Waals surface area contributed by atoms with Crippen molar-refractivity contribution in [3.8, 4) is 0 Å². The molecule has 3 N–H and O–H groups in total. The Morgan fingerprint density at radius 3 is 0.860 bits per heavy atom. The number of nitrogens with one attached hydrogen (secondary N) is 3. The monoisotopic (exact) mass is 655 g/mol. The van der Waals surface area contributed by atoms with E-state index in [0.29, 0.717) is 6.04 Å². The van der Waals surface area contributed by atoms with Gasteiger partial charge in [-0.1, -0.05) is 189 Å². The van der Waals surface area contributed by atoms with E-state index < -0.39 is 11.1 Å². The number of hydrogen-bond donors (Lipinski definition) is 3. The first-order valence-electron chi connectivity index (χ1n) is 18.3. The van der Waals surface area contributed by atoms with Crippen molar-refractivity contribution in [2.45, 2.75) is 61.8 Å². The van der Waals surface area contributed by atoms with Crippen molar-refractivity contribution >= 4 is 0 Å². The number of benzene rings is 6. The van der Waals surface area contributed by atoms with Gasteiger partial charge in [-0.15, -0.1) is 0 Å². The topological polar surface area (TPSA) is 36.1 Å². The maximum absolute atomic E-state index is 4.38. The molecule has 0 spiro atoms. The molecular weight excluding hydrogens is 607 g/mol. The molecule has 3 heteroatoms. The maximum Gasteiger partial charge on any atom is 0.0950 e. The molecular formula is C47H49N3. The zero-order chi connectivity index (χ0) is 34.1. The quantitative estimate of drug-likeness (QED) is 0.109. The van der Waals surface area contributed by atoms with Crippen LogP contribution in [0.2, 0.25) is 0 Å². The van der Waals surface area contributed by atoms with E-state index in [1.165, 1.54) is 33.4 Å². The summed E-state index contributed by atoms with van der Waals surface area (Å²) in [5.41, 5.74) is 6.43. The van der Waals surface area contributed by atoms with Crippen LogP contribution >= 0.6 is 0 Å². The van der Waals surface area contributed by atoms with Crippen LogP contribution in [0.15, 0.2) is 182 Å². The van der Waals surface area contributed by atoms with Gasteiger partial charge in [0.2, 0.25) is 0 Å². The average molecular weight is 656 g/mol. The molecule has 0 bridgehead atoms. The van der Waals surface area contributed by atoms with Gasteiger partial charge in [-0.2, -0.15) is 0 Å². The molecule has 1 unspecified atom stereocenters. The third kappa shape index (κ3) is 6.95. The van der Waals surface area contributed by atoms with E-state index in [0.717, 1.165) is 32.2 Å². The van der Waals surface area contributed by atoms with E-state index in [1.54, 1.807) is 0 Å². The Labute approximate surface area is 298 Å². The summed E-state index contributed by atoms with van der Waals surface area (Å²) >= 11 is 0. The predicted molar refractivity (Wildman–Crippen MR) is 208 cm³/mol. The SMILES string of the molecule is CCCNC1C[C@@H](NC(c2ccccc2)(c2ccccc2)c2ccccc2)C[C@@H](NC(c2ccccc2)(c2ccccc2)c2ccccc2)C1. The van der Waals surface area contributed by atoms with Crippen LogP contribution in [-0.4, -0.2) is 24.7 Å². The molecule has 6 aromatic rings. The van der Waals surface area contributed by atoms with Crippen molar-refractivity contribution in [2.75, 3.05) is 6.54 Å². The minimum Gasteiger partial charge on any atom is -0.314 e. The molecule has 7 rings (SSSR count). The van der Waals surface area contributed by atoms with Crippen LogP contribution in [0.4, 0.5) is 0 Å². The van der Waals surface area contributed by atoms with Crippen molar-refractivity contribution in [2.24, 2.45) is 0 Å². The normalized spacial score (nSPS) is 18.1. The highest BCUT2D eigenvalue weighted by atomic mass is 15.1. The van der Waals surface area contributed by atoms with E-state index in [9.17, 15) is 0 Å². The maximum atomic E-state index is 4.38. The van der Waals surface area contributed by atoms with Gasteiger partial charge in [0, 0.05) is 18.1 Å². The Morgan fingerprint density at radius 2 is 0.620 bits per heavy atom. The lowest BCUT2D eigenvalue weighted by atomic mass is 9.73. The van der Waals surface area contributed by atoms with E-state index in [4.69, 9.17) is 0 Å². The molecule has 252 valence electrons. The van der Waals surface area contributed by atoms with Gasteiger partial charge >= 0.3 is 0 Å². The molecule has 1 fully saturated rings. The number of hydrogen-bond acceptors (Lipinski definition) is 3. The third-order valence-corrected chi connectivity index (χ3v) is 10.5. The summed E-state index contributed by atoms with van der Waals surface area (Å²) in [6.45, 7) is 3.27. The molecule has 0 saturated heterocycles. The van der Waals surface area contributed by atoms with Gasteiger partial charge < -0.3 is 5.32 Å². The molecule has 1 saturated carbocycles. The highest BCUT2D eigenvalue weighted by Gasteiger charge is 2.43. The van der Waals surface area contributed by atoms with Crippen LogP contribution in [-0.2, 0) is 11.1 Å². The zero-order valence-corrected chi connectivity index (χ0v) is 29.1. The summed E-state index contributed by atoms with van der Waals surface area (Å²) in [6.07, 6.45) is 4.17. The van der Waals surface area contributed by atoms with Gasteiger partial charge in [-0.3, -0.25) is 10.6 Å². The second kappa shape index (κ2) is 15.8. The Balaban J connectivity index is 1.34. The summed E-state index contributed by atoms with van der Waals surface area (Å²) in [7, 11) is 0. The van der Waals surface area contributed by atoms with Gasteiger partial charge in [0.1, 0.15) is 0 Å². The van der Waals surface area contributed by atoms with Crippen LogP contribution < -0.4 is 16.0 Å². The molecule has 1 aliphatic carbocycles. The minimum atomic E-state index is -0.527. The van der Waals surface area contributed by atoms with Crippen LogP contribution in [0.3, 0.4) is 0 Å². The Morgan fingerprint density at radius 1 is 0.380 bits per heavy atom. The minimum absolute atomic E-state index is 0.219. The van der Waals surface area contributed by atoms with Crippen molar-refractivity contribution in [3.63, 3.8) is 0 Å². The lowest BCUT2D eigenvalue weighted by molar-refractivity contribution is 0.208. The molecule has 0 heterocycles. The van der Waals surface area contributed by atoms with E-state index in [1.807, 2.05) is 0 Å². The number of rotatable bonds is 13. The molecule has 0 aromatic heterocycles. The third-order valence-electron chi connectivity index (χ3n) is 10.5. The molecule has 0 radical (unpaired) electrons. The van der Waals surface area contributed by atoms with E-state index in [2.05, 4.69) is 205 Å². The molecule has 3 nitrogen and oxygen atoms in total.